The Hall–Kier alpha value is -3.87. The molecule has 0 bridgehead atoms. The lowest BCUT2D eigenvalue weighted by atomic mass is 9.99. The third kappa shape index (κ3) is 4.78. The number of aryl methyl sites for hydroxylation is 2. The van der Waals surface area contributed by atoms with E-state index >= 15 is 0 Å². The number of fused-ring (bicyclic) bond motifs is 1. The van der Waals surface area contributed by atoms with E-state index in [0.29, 0.717) is 20.4 Å². The summed E-state index contributed by atoms with van der Waals surface area (Å²) in [5.74, 6) is 0.530. The lowest BCUT2D eigenvalue weighted by Crippen LogP contribution is -2.14. The fourth-order valence-electron chi connectivity index (χ4n) is 4.43. The van der Waals surface area contributed by atoms with Crippen LogP contribution in [0.25, 0.3) is 32.6 Å². The van der Waals surface area contributed by atoms with Crippen molar-refractivity contribution in [1.29, 1.82) is 0 Å². The van der Waals surface area contributed by atoms with Gasteiger partial charge in [-0.05, 0) is 78.1 Å². The number of amides is 1. The molecule has 0 spiro atoms. The third-order valence-electron chi connectivity index (χ3n) is 6.42. The Morgan fingerprint density at radius 3 is 2.43 bits per heavy atom. The number of methoxy groups -OCH3 is 1. The molecular formula is C30H26ClN3O2S. The maximum atomic E-state index is 13.5. The van der Waals surface area contributed by atoms with Crippen LogP contribution in [0.1, 0.15) is 27.7 Å². The summed E-state index contributed by atoms with van der Waals surface area (Å²) < 4.78 is 5.31. The van der Waals surface area contributed by atoms with Gasteiger partial charge in [0.15, 0.2) is 0 Å². The SMILES string of the molecule is CCc1cccc(C)c1NC(=O)c1sc2nc(-c3ccc(OC)cc3)cc(-c3ccc(Cl)cc3)c2c1N. The second kappa shape index (κ2) is 10.2. The summed E-state index contributed by atoms with van der Waals surface area (Å²) in [4.78, 5) is 19.6. The number of rotatable bonds is 6. The largest absolute Gasteiger partial charge is 0.497 e. The smallest absolute Gasteiger partial charge is 0.267 e. The number of ether oxygens (including phenoxy) is 1. The molecule has 7 heteroatoms. The summed E-state index contributed by atoms with van der Waals surface area (Å²) in [6.07, 6.45) is 0.812. The van der Waals surface area contributed by atoms with Crippen LogP contribution in [-0.2, 0) is 6.42 Å². The number of nitrogens with two attached hydrogens (primary N) is 1. The monoisotopic (exact) mass is 527 g/mol. The van der Waals surface area contributed by atoms with Crippen LogP contribution < -0.4 is 15.8 Å². The van der Waals surface area contributed by atoms with E-state index in [1.807, 2.05) is 79.7 Å². The Morgan fingerprint density at radius 2 is 1.76 bits per heavy atom. The molecule has 5 nitrogen and oxygen atoms in total. The van der Waals surface area contributed by atoms with Gasteiger partial charge in [-0.1, -0.05) is 48.9 Å². The van der Waals surface area contributed by atoms with E-state index in [9.17, 15) is 4.79 Å². The van der Waals surface area contributed by atoms with Gasteiger partial charge in [0.05, 0.1) is 18.5 Å². The maximum absolute atomic E-state index is 13.5. The Labute approximate surface area is 224 Å². The average Bonchev–Trinajstić information content (AvgIpc) is 3.26. The normalized spacial score (nSPS) is 11.0. The predicted molar refractivity (Wildman–Crippen MR) is 155 cm³/mol. The number of carbonyl (C=O) groups excluding carboxylic acids is 1. The van der Waals surface area contributed by atoms with Crippen molar-refractivity contribution in [3.63, 3.8) is 0 Å². The van der Waals surface area contributed by atoms with Crippen LogP contribution in [0, 0.1) is 6.92 Å². The van der Waals surface area contributed by atoms with Crippen LogP contribution in [0.3, 0.4) is 0 Å². The zero-order valence-electron chi connectivity index (χ0n) is 20.8. The number of carbonyl (C=O) groups is 1. The molecule has 37 heavy (non-hydrogen) atoms. The van der Waals surface area contributed by atoms with Crippen molar-refractivity contribution < 1.29 is 9.53 Å². The molecule has 2 heterocycles. The summed E-state index contributed by atoms with van der Waals surface area (Å²) in [6, 6.07) is 23.4. The van der Waals surface area contributed by atoms with Gasteiger partial charge in [-0.15, -0.1) is 11.3 Å². The minimum atomic E-state index is -0.238. The molecule has 186 valence electrons. The first kappa shape index (κ1) is 24.8. The maximum Gasteiger partial charge on any atom is 0.267 e. The molecule has 2 aromatic heterocycles. The van der Waals surface area contributed by atoms with Gasteiger partial charge in [-0.2, -0.15) is 0 Å². The van der Waals surface area contributed by atoms with Crippen molar-refractivity contribution in [2.24, 2.45) is 0 Å². The second-order valence-electron chi connectivity index (χ2n) is 8.73. The molecule has 0 aliphatic rings. The molecule has 0 aliphatic heterocycles. The highest BCUT2D eigenvalue weighted by Crippen LogP contribution is 2.42. The van der Waals surface area contributed by atoms with E-state index in [4.69, 9.17) is 27.1 Å². The van der Waals surface area contributed by atoms with Gasteiger partial charge in [-0.25, -0.2) is 4.98 Å². The van der Waals surface area contributed by atoms with Crippen LogP contribution in [0.5, 0.6) is 5.75 Å². The Kier molecular flexibility index (Phi) is 6.87. The van der Waals surface area contributed by atoms with Crippen LogP contribution in [0.2, 0.25) is 5.02 Å². The van der Waals surface area contributed by atoms with Crippen molar-refractivity contribution in [2.45, 2.75) is 20.3 Å². The van der Waals surface area contributed by atoms with Gasteiger partial charge >= 0.3 is 0 Å². The summed E-state index contributed by atoms with van der Waals surface area (Å²) in [6.45, 7) is 4.06. The minimum Gasteiger partial charge on any atom is -0.497 e. The fraction of sp³-hybridized carbons (Fsp3) is 0.133. The first-order chi connectivity index (χ1) is 17.9. The van der Waals surface area contributed by atoms with Crippen molar-refractivity contribution >= 4 is 50.4 Å². The van der Waals surface area contributed by atoms with Gasteiger partial charge in [0.1, 0.15) is 15.5 Å². The van der Waals surface area contributed by atoms with Crippen molar-refractivity contribution in [2.75, 3.05) is 18.2 Å². The predicted octanol–water partition coefficient (Wildman–Crippen LogP) is 8.00. The first-order valence-corrected chi connectivity index (χ1v) is 13.1. The zero-order chi connectivity index (χ0) is 26.1. The highest BCUT2D eigenvalue weighted by Gasteiger charge is 2.22. The molecular weight excluding hydrogens is 502 g/mol. The van der Waals surface area contributed by atoms with E-state index in [-0.39, 0.29) is 5.91 Å². The minimum absolute atomic E-state index is 0.238. The summed E-state index contributed by atoms with van der Waals surface area (Å²) >= 11 is 7.46. The van der Waals surface area contributed by atoms with E-state index < -0.39 is 0 Å². The number of para-hydroxylation sites is 1. The zero-order valence-corrected chi connectivity index (χ0v) is 22.3. The molecule has 0 saturated heterocycles. The molecule has 0 unspecified atom stereocenters. The first-order valence-electron chi connectivity index (χ1n) is 11.9. The number of nitrogens with zero attached hydrogens (tertiary/aromatic N) is 1. The number of nitrogens with one attached hydrogen (secondary N) is 1. The third-order valence-corrected chi connectivity index (χ3v) is 7.77. The topological polar surface area (TPSA) is 77.2 Å². The lowest BCUT2D eigenvalue weighted by molar-refractivity contribution is 0.103. The Balaban J connectivity index is 1.66. The highest BCUT2D eigenvalue weighted by molar-refractivity contribution is 7.21. The summed E-state index contributed by atoms with van der Waals surface area (Å²) in [5, 5.41) is 4.51. The number of benzene rings is 3. The van der Waals surface area contributed by atoms with Crippen molar-refractivity contribution in [3.8, 4) is 28.1 Å². The number of pyridine rings is 1. The molecule has 5 aromatic rings. The summed E-state index contributed by atoms with van der Waals surface area (Å²) in [5.41, 5.74) is 13.5. The molecule has 3 aromatic carbocycles. The van der Waals surface area contributed by atoms with E-state index in [1.165, 1.54) is 11.3 Å². The van der Waals surface area contributed by atoms with Crippen LogP contribution in [0.4, 0.5) is 11.4 Å². The molecule has 1 amide bonds. The van der Waals surface area contributed by atoms with Gasteiger partial charge < -0.3 is 15.8 Å². The number of hydrogen-bond donors (Lipinski definition) is 2. The molecule has 0 saturated carbocycles. The second-order valence-corrected chi connectivity index (χ2v) is 10.2. The fourth-order valence-corrected chi connectivity index (χ4v) is 5.57. The van der Waals surface area contributed by atoms with Crippen molar-refractivity contribution in [1.82, 2.24) is 4.98 Å². The molecule has 0 fully saturated rings. The number of aromatic nitrogens is 1. The number of halogens is 1. The molecule has 0 aliphatic carbocycles. The van der Waals surface area contributed by atoms with E-state index in [1.54, 1.807) is 7.11 Å². The molecule has 3 N–H and O–H groups in total. The van der Waals surface area contributed by atoms with E-state index in [2.05, 4.69) is 12.2 Å². The molecule has 5 rings (SSSR count). The molecule has 0 atom stereocenters. The van der Waals surface area contributed by atoms with Crippen molar-refractivity contribution in [3.05, 3.63) is 93.8 Å². The number of hydrogen-bond acceptors (Lipinski definition) is 5. The van der Waals surface area contributed by atoms with Gasteiger partial charge in [0.25, 0.3) is 5.91 Å². The van der Waals surface area contributed by atoms with Crippen LogP contribution in [0.15, 0.2) is 72.8 Å². The number of thiophene rings is 1. The Morgan fingerprint density at radius 1 is 1.05 bits per heavy atom. The average molecular weight is 528 g/mol. The number of anilines is 2. The number of nitrogen functional groups attached to an aromatic ring is 1. The van der Waals surface area contributed by atoms with Gasteiger partial charge in [0.2, 0.25) is 0 Å². The standard InChI is InChI=1S/C30H26ClN3O2S/c1-4-18-7-5-6-17(2)27(18)34-29(35)28-26(32)25-23(19-8-12-21(31)13-9-19)16-24(33-30(25)37-28)20-10-14-22(36-3)15-11-20/h5-16H,4,32H2,1-3H3,(H,34,35). The van der Waals surface area contributed by atoms with Crippen LogP contribution in [-0.4, -0.2) is 18.0 Å². The van der Waals surface area contributed by atoms with Crippen LogP contribution >= 0.6 is 22.9 Å². The Bertz CT molecular complexity index is 1610. The lowest BCUT2D eigenvalue weighted by Gasteiger charge is -2.12. The van der Waals surface area contributed by atoms with Gasteiger partial charge in [-0.3, -0.25) is 4.79 Å². The van der Waals surface area contributed by atoms with E-state index in [0.717, 1.165) is 56.8 Å². The highest BCUT2D eigenvalue weighted by atomic mass is 35.5. The quantitative estimate of drug-likeness (QED) is 0.234. The molecule has 0 radical (unpaired) electrons. The van der Waals surface area contributed by atoms with Gasteiger partial charge in [0, 0.05) is 21.7 Å². The summed E-state index contributed by atoms with van der Waals surface area (Å²) in [7, 11) is 1.64.